The van der Waals surface area contributed by atoms with Crippen molar-refractivity contribution in [2.24, 2.45) is 0 Å². The van der Waals surface area contributed by atoms with Gasteiger partial charge in [-0.25, -0.2) is 0 Å². The molecule has 4 heteroatoms. The van der Waals surface area contributed by atoms with Crippen molar-refractivity contribution in [2.75, 3.05) is 31.3 Å². The number of aromatic nitrogens is 1. The van der Waals surface area contributed by atoms with E-state index >= 15 is 0 Å². The Hall–Kier alpha value is -2.23. The summed E-state index contributed by atoms with van der Waals surface area (Å²) in [6.07, 6.45) is 4.42. The molecule has 0 spiro atoms. The first-order valence-corrected chi connectivity index (χ1v) is 6.25. The first-order chi connectivity index (χ1) is 9.16. The van der Waals surface area contributed by atoms with Crippen LogP contribution < -0.4 is 15.4 Å². The van der Waals surface area contributed by atoms with Crippen molar-refractivity contribution in [2.45, 2.75) is 6.42 Å². The Bertz CT molecular complexity index is 526. The minimum Gasteiger partial charge on any atom is -0.491 e. The third-order valence-corrected chi connectivity index (χ3v) is 2.91. The summed E-state index contributed by atoms with van der Waals surface area (Å²) in [4.78, 5) is 6.01. The number of nitrogens with zero attached hydrogens (tertiary/aromatic N) is 2. The minimum absolute atomic E-state index is 0.602. The van der Waals surface area contributed by atoms with E-state index in [9.17, 15) is 0 Å². The average Bonchev–Trinajstić information content (AvgIpc) is 2.42. The third-order valence-electron chi connectivity index (χ3n) is 2.91. The van der Waals surface area contributed by atoms with Gasteiger partial charge in [-0.2, -0.15) is 0 Å². The highest BCUT2D eigenvalue weighted by Crippen LogP contribution is 2.26. The molecular formula is C15H19N3O. The predicted molar refractivity (Wildman–Crippen MR) is 78.6 cm³/mol. The van der Waals surface area contributed by atoms with Crippen LogP contribution in [0.4, 0.5) is 11.4 Å². The number of nitrogens with two attached hydrogens (primary N) is 1. The van der Waals surface area contributed by atoms with Gasteiger partial charge in [0.05, 0.1) is 12.3 Å². The molecule has 0 saturated heterocycles. The van der Waals surface area contributed by atoms with Gasteiger partial charge in [0.2, 0.25) is 0 Å². The van der Waals surface area contributed by atoms with Gasteiger partial charge in [0, 0.05) is 44.7 Å². The zero-order chi connectivity index (χ0) is 13.7. The molecule has 19 heavy (non-hydrogen) atoms. The number of ether oxygens (including phenoxy) is 1. The average molecular weight is 257 g/mol. The summed E-state index contributed by atoms with van der Waals surface area (Å²) in [5.74, 6) is 0.736. The topological polar surface area (TPSA) is 51.4 Å². The van der Waals surface area contributed by atoms with E-state index in [0.29, 0.717) is 12.3 Å². The molecule has 0 aliphatic heterocycles. The Morgan fingerprint density at radius 2 is 1.89 bits per heavy atom. The van der Waals surface area contributed by atoms with Crippen LogP contribution in [0.1, 0.15) is 5.56 Å². The van der Waals surface area contributed by atoms with Gasteiger partial charge in [-0.05, 0) is 29.8 Å². The zero-order valence-electron chi connectivity index (χ0n) is 11.3. The molecule has 0 unspecified atom stereocenters. The Kier molecular flexibility index (Phi) is 4.23. The Morgan fingerprint density at radius 3 is 2.58 bits per heavy atom. The van der Waals surface area contributed by atoms with Crippen molar-refractivity contribution < 1.29 is 4.74 Å². The standard InChI is InChI=1S/C15H19N3O/c1-18(2)13-3-4-14(16)15(11-13)19-10-7-12-5-8-17-9-6-12/h3-6,8-9,11H,7,10,16H2,1-2H3. The molecule has 0 amide bonds. The van der Waals surface area contributed by atoms with Crippen LogP contribution in [0.15, 0.2) is 42.7 Å². The Balaban J connectivity index is 1.97. The first-order valence-electron chi connectivity index (χ1n) is 6.25. The molecule has 4 nitrogen and oxygen atoms in total. The van der Waals surface area contributed by atoms with E-state index in [1.807, 2.05) is 49.3 Å². The molecule has 100 valence electrons. The summed E-state index contributed by atoms with van der Waals surface area (Å²) in [5, 5.41) is 0. The van der Waals surface area contributed by atoms with Gasteiger partial charge in [0.15, 0.2) is 0 Å². The summed E-state index contributed by atoms with van der Waals surface area (Å²) in [6.45, 7) is 0.602. The Labute approximate surface area is 113 Å². The fourth-order valence-corrected chi connectivity index (χ4v) is 1.75. The lowest BCUT2D eigenvalue weighted by atomic mass is 10.2. The number of nitrogen functional groups attached to an aromatic ring is 1. The second kappa shape index (κ2) is 6.09. The van der Waals surface area contributed by atoms with Gasteiger partial charge >= 0.3 is 0 Å². The van der Waals surface area contributed by atoms with Crippen LogP contribution in [0.3, 0.4) is 0 Å². The molecular weight excluding hydrogens is 238 g/mol. The van der Waals surface area contributed by atoms with E-state index in [0.717, 1.165) is 17.9 Å². The van der Waals surface area contributed by atoms with Crippen LogP contribution in [0.2, 0.25) is 0 Å². The van der Waals surface area contributed by atoms with Gasteiger partial charge in [0.25, 0.3) is 0 Å². The maximum absolute atomic E-state index is 5.92. The Morgan fingerprint density at radius 1 is 1.16 bits per heavy atom. The summed E-state index contributed by atoms with van der Waals surface area (Å²) >= 11 is 0. The number of benzene rings is 1. The van der Waals surface area contributed by atoms with E-state index in [1.54, 1.807) is 12.4 Å². The molecule has 0 saturated carbocycles. The lowest BCUT2D eigenvalue weighted by Crippen LogP contribution is -2.10. The lowest BCUT2D eigenvalue weighted by Gasteiger charge is -2.15. The molecule has 0 aliphatic carbocycles. The third kappa shape index (κ3) is 3.61. The predicted octanol–water partition coefficient (Wildman–Crippen LogP) is 2.35. The molecule has 2 aromatic rings. The number of anilines is 2. The number of pyridine rings is 1. The van der Waals surface area contributed by atoms with Crippen LogP contribution >= 0.6 is 0 Å². The van der Waals surface area contributed by atoms with Crippen LogP contribution in [-0.4, -0.2) is 25.7 Å². The minimum atomic E-state index is 0.602. The molecule has 1 aromatic heterocycles. The fraction of sp³-hybridized carbons (Fsp3) is 0.267. The van der Waals surface area contributed by atoms with E-state index < -0.39 is 0 Å². The van der Waals surface area contributed by atoms with Crippen LogP contribution in [0.25, 0.3) is 0 Å². The molecule has 0 atom stereocenters. The van der Waals surface area contributed by atoms with Gasteiger partial charge in [-0.3, -0.25) is 4.98 Å². The van der Waals surface area contributed by atoms with Crippen molar-refractivity contribution in [3.05, 3.63) is 48.3 Å². The summed E-state index contributed by atoms with van der Waals surface area (Å²) in [7, 11) is 3.98. The number of rotatable bonds is 5. The monoisotopic (exact) mass is 257 g/mol. The second-order valence-electron chi connectivity index (χ2n) is 4.57. The van der Waals surface area contributed by atoms with E-state index in [1.165, 1.54) is 5.56 Å². The van der Waals surface area contributed by atoms with Crippen molar-refractivity contribution in [1.82, 2.24) is 4.98 Å². The highest BCUT2D eigenvalue weighted by Gasteiger charge is 2.04. The second-order valence-corrected chi connectivity index (χ2v) is 4.57. The molecule has 2 N–H and O–H groups in total. The first kappa shape index (κ1) is 13.2. The van der Waals surface area contributed by atoms with Gasteiger partial charge < -0.3 is 15.4 Å². The van der Waals surface area contributed by atoms with Crippen LogP contribution in [0.5, 0.6) is 5.75 Å². The summed E-state index contributed by atoms with van der Waals surface area (Å²) < 4.78 is 5.76. The van der Waals surface area contributed by atoms with Crippen molar-refractivity contribution >= 4 is 11.4 Å². The normalized spacial score (nSPS) is 10.2. The van der Waals surface area contributed by atoms with Gasteiger partial charge in [-0.15, -0.1) is 0 Å². The zero-order valence-corrected chi connectivity index (χ0v) is 11.3. The van der Waals surface area contributed by atoms with Gasteiger partial charge in [-0.1, -0.05) is 0 Å². The maximum atomic E-state index is 5.92. The van der Waals surface area contributed by atoms with Crippen molar-refractivity contribution in [3.63, 3.8) is 0 Å². The quantitative estimate of drug-likeness (QED) is 0.835. The lowest BCUT2D eigenvalue weighted by molar-refractivity contribution is 0.323. The van der Waals surface area contributed by atoms with E-state index in [4.69, 9.17) is 10.5 Å². The maximum Gasteiger partial charge on any atom is 0.144 e. The molecule has 1 heterocycles. The SMILES string of the molecule is CN(C)c1ccc(N)c(OCCc2ccncc2)c1. The fourth-order valence-electron chi connectivity index (χ4n) is 1.75. The van der Waals surface area contributed by atoms with Crippen molar-refractivity contribution in [3.8, 4) is 5.75 Å². The summed E-state index contributed by atoms with van der Waals surface area (Å²) in [6, 6.07) is 9.79. The van der Waals surface area contributed by atoms with Crippen LogP contribution in [0, 0.1) is 0 Å². The highest BCUT2D eigenvalue weighted by atomic mass is 16.5. The van der Waals surface area contributed by atoms with Crippen LogP contribution in [-0.2, 0) is 6.42 Å². The smallest absolute Gasteiger partial charge is 0.144 e. The number of hydrogen-bond donors (Lipinski definition) is 1. The van der Waals surface area contributed by atoms with Crippen molar-refractivity contribution in [1.29, 1.82) is 0 Å². The van der Waals surface area contributed by atoms with E-state index in [2.05, 4.69) is 4.98 Å². The molecule has 0 aliphatic rings. The molecule has 0 fully saturated rings. The molecule has 0 radical (unpaired) electrons. The molecule has 0 bridgehead atoms. The highest BCUT2D eigenvalue weighted by molar-refractivity contribution is 5.61. The molecule has 1 aromatic carbocycles. The van der Waals surface area contributed by atoms with Gasteiger partial charge in [0.1, 0.15) is 5.75 Å². The largest absolute Gasteiger partial charge is 0.491 e. The molecule has 2 rings (SSSR count). The van der Waals surface area contributed by atoms with E-state index in [-0.39, 0.29) is 0 Å². The summed E-state index contributed by atoms with van der Waals surface area (Å²) in [5.41, 5.74) is 8.87. The number of hydrogen-bond acceptors (Lipinski definition) is 4.